The van der Waals surface area contributed by atoms with Gasteiger partial charge in [-0.05, 0) is 128 Å². The molecule has 0 fully saturated rings. The Hall–Kier alpha value is -6.29. The fraction of sp³-hybridized carbons (Fsp3) is 0.426. The topological polar surface area (TPSA) is 165 Å². The Balaban J connectivity index is 1.04. The number of amides is 3. The van der Waals surface area contributed by atoms with Crippen molar-refractivity contribution in [3.05, 3.63) is 119 Å². The van der Waals surface area contributed by atoms with Crippen LogP contribution in [0.15, 0.2) is 91.1 Å². The molecule has 3 aliphatic rings. The third kappa shape index (κ3) is 10.5. The van der Waals surface area contributed by atoms with Crippen molar-refractivity contribution in [1.82, 2.24) is 15.6 Å². The summed E-state index contributed by atoms with van der Waals surface area (Å²) in [6.45, 7) is 23.1. The SMILES string of the molecule is COc1cc2c(cc1C)N(C(=O)OC(C)(C)C)[C@@H](O[Si](C)(C)C(C)(C)C)[C@@H]1CC(c3ccc(NN[C@@H](C)C(=O)NC(C(=O)C(=O)OCC4c5ccccc5-c5ccccc54)C(C)C)cc3)=CN1C2=O. The Bertz CT molecular complexity index is 2620. The Morgan fingerprint density at radius 2 is 1.45 bits per heavy atom. The molecular formula is C54H67N5O9Si. The van der Waals surface area contributed by atoms with Gasteiger partial charge in [0.15, 0.2) is 14.5 Å². The van der Waals surface area contributed by atoms with Gasteiger partial charge in [0.05, 0.1) is 24.4 Å². The lowest BCUT2D eigenvalue weighted by Crippen LogP contribution is -2.58. The quantitative estimate of drug-likeness (QED) is 0.0477. The van der Waals surface area contributed by atoms with Crippen LogP contribution >= 0.6 is 0 Å². The Labute approximate surface area is 407 Å². The number of aryl methyl sites for hydroxylation is 1. The Morgan fingerprint density at radius 1 is 0.841 bits per heavy atom. The van der Waals surface area contributed by atoms with E-state index in [1.807, 2.05) is 107 Å². The molecule has 1 unspecified atom stereocenters. The van der Waals surface area contributed by atoms with Crippen LogP contribution in [0.2, 0.25) is 18.1 Å². The zero-order chi connectivity index (χ0) is 50.3. The number of benzene rings is 4. The Kier molecular flexibility index (Phi) is 14.4. The lowest BCUT2D eigenvalue weighted by atomic mass is 9.97. The molecule has 3 amide bonds. The van der Waals surface area contributed by atoms with Crippen LogP contribution < -0.4 is 25.8 Å². The summed E-state index contributed by atoms with van der Waals surface area (Å²) in [6.07, 6.45) is 0.705. The van der Waals surface area contributed by atoms with Gasteiger partial charge in [-0.3, -0.25) is 14.4 Å². The van der Waals surface area contributed by atoms with Gasteiger partial charge in [-0.15, -0.1) is 0 Å². The van der Waals surface area contributed by atoms with E-state index in [1.54, 1.807) is 44.9 Å². The molecule has 4 aromatic carbocycles. The molecule has 0 aromatic heterocycles. The minimum Gasteiger partial charge on any atom is -0.496 e. The van der Waals surface area contributed by atoms with E-state index in [0.29, 0.717) is 23.5 Å². The van der Waals surface area contributed by atoms with Crippen molar-refractivity contribution in [3.8, 4) is 16.9 Å². The average Bonchev–Trinajstić information content (AvgIpc) is 3.85. The summed E-state index contributed by atoms with van der Waals surface area (Å²) in [4.78, 5) is 72.6. The van der Waals surface area contributed by atoms with Gasteiger partial charge in [-0.25, -0.2) is 19.9 Å². The highest BCUT2D eigenvalue weighted by Gasteiger charge is 2.51. The maximum atomic E-state index is 14.7. The second kappa shape index (κ2) is 19.6. The molecule has 3 N–H and O–H groups in total. The second-order valence-electron chi connectivity index (χ2n) is 21.1. The van der Waals surface area contributed by atoms with E-state index in [2.05, 4.69) is 50.0 Å². The third-order valence-electron chi connectivity index (χ3n) is 13.6. The predicted molar refractivity (Wildman–Crippen MR) is 270 cm³/mol. The monoisotopic (exact) mass is 957 g/mol. The summed E-state index contributed by atoms with van der Waals surface area (Å²) in [5.41, 5.74) is 13.3. The third-order valence-corrected chi connectivity index (χ3v) is 18.0. The van der Waals surface area contributed by atoms with E-state index in [-0.39, 0.29) is 29.0 Å². The van der Waals surface area contributed by atoms with E-state index in [4.69, 9.17) is 18.6 Å². The molecule has 0 bridgehead atoms. The van der Waals surface area contributed by atoms with Gasteiger partial charge < -0.3 is 34.3 Å². The number of esters is 1. The lowest BCUT2D eigenvalue weighted by Gasteiger charge is -2.44. The fourth-order valence-corrected chi connectivity index (χ4v) is 9.97. The van der Waals surface area contributed by atoms with Crippen molar-refractivity contribution in [2.24, 2.45) is 5.92 Å². The molecule has 2 aliphatic heterocycles. The number of methoxy groups -OCH3 is 1. The van der Waals surface area contributed by atoms with Crippen molar-refractivity contribution in [3.63, 3.8) is 0 Å². The van der Waals surface area contributed by atoms with Crippen LogP contribution in [0.25, 0.3) is 16.7 Å². The number of nitrogens with one attached hydrogen (secondary N) is 3. The predicted octanol–water partition coefficient (Wildman–Crippen LogP) is 9.73. The van der Waals surface area contributed by atoms with Gasteiger partial charge in [-0.1, -0.05) is 95.3 Å². The van der Waals surface area contributed by atoms with Crippen LogP contribution in [-0.2, 0) is 28.3 Å². The van der Waals surface area contributed by atoms with Gasteiger partial charge in [0.25, 0.3) is 11.7 Å². The summed E-state index contributed by atoms with van der Waals surface area (Å²) in [5, 5.41) is 2.53. The summed E-state index contributed by atoms with van der Waals surface area (Å²) in [7, 11) is -1.05. The van der Waals surface area contributed by atoms with E-state index in [9.17, 15) is 24.0 Å². The highest BCUT2D eigenvalue weighted by atomic mass is 28.4. The maximum absolute atomic E-state index is 14.7. The summed E-state index contributed by atoms with van der Waals surface area (Å²) < 4.78 is 24.5. The fourth-order valence-electron chi connectivity index (χ4n) is 8.75. The van der Waals surface area contributed by atoms with E-state index >= 15 is 0 Å². The Morgan fingerprint density at radius 3 is 2.01 bits per heavy atom. The molecule has 14 nitrogen and oxygen atoms in total. The number of anilines is 2. The molecule has 0 saturated carbocycles. The number of nitrogens with zero attached hydrogens (tertiary/aromatic N) is 2. The number of fused-ring (bicyclic) bond motifs is 5. The van der Waals surface area contributed by atoms with Gasteiger partial charge in [0.2, 0.25) is 5.91 Å². The van der Waals surface area contributed by atoms with Crippen molar-refractivity contribution < 1.29 is 42.6 Å². The van der Waals surface area contributed by atoms with Gasteiger partial charge in [-0.2, -0.15) is 0 Å². The van der Waals surface area contributed by atoms with Crippen molar-refractivity contribution in [1.29, 1.82) is 0 Å². The van der Waals surface area contributed by atoms with Gasteiger partial charge >= 0.3 is 12.1 Å². The highest BCUT2D eigenvalue weighted by Crippen LogP contribution is 2.47. The molecule has 1 aliphatic carbocycles. The number of ketones is 1. The lowest BCUT2D eigenvalue weighted by molar-refractivity contribution is -0.155. The van der Waals surface area contributed by atoms with Crippen molar-refractivity contribution in [2.75, 3.05) is 24.0 Å². The van der Waals surface area contributed by atoms with E-state index in [1.165, 1.54) is 4.90 Å². The number of hydrogen-bond acceptors (Lipinski definition) is 11. The smallest absolute Gasteiger partial charge is 0.417 e. The van der Waals surface area contributed by atoms with E-state index < -0.39 is 67.9 Å². The first-order chi connectivity index (χ1) is 32.4. The largest absolute Gasteiger partial charge is 0.496 e. The summed E-state index contributed by atoms with van der Waals surface area (Å²) in [5.74, 6) is -2.70. The van der Waals surface area contributed by atoms with Crippen LogP contribution in [0.5, 0.6) is 5.75 Å². The minimum atomic E-state index is -2.60. The molecule has 0 radical (unpaired) electrons. The molecule has 15 heteroatoms. The standard InChI is InChI=1S/C54H67N5O9Si/c1-31(2)46(47(60)51(63)66-30-42-39-20-16-14-18-37(39)38-19-15-17-21-40(38)42)55-48(61)33(4)56-57-36-24-22-34(23-25-36)35-27-44-50(68-69(12,13)54(8,9)10)59(52(64)67-53(5,6)7)43-26-32(3)45(65-11)28-41(43)49(62)58(44)29-35/h14-26,28-29,31,33,42,44,46,50,56-57H,27,30H2,1-13H3,(H,55,61)/t33-,44-,46?,50-/m0/s1. The van der Waals surface area contributed by atoms with Crippen LogP contribution in [0.1, 0.15) is 107 Å². The second-order valence-corrected chi connectivity index (χ2v) is 25.8. The van der Waals surface area contributed by atoms with Gasteiger partial charge in [0, 0.05) is 17.8 Å². The van der Waals surface area contributed by atoms with Gasteiger partial charge in [0.1, 0.15) is 30.0 Å². The van der Waals surface area contributed by atoms with E-state index in [0.717, 1.165) is 39.0 Å². The minimum absolute atomic E-state index is 0.00494. The van der Waals surface area contributed by atoms with Crippen molar-refractivity contribution >= 4 is 54.9 Å². The highest BCUT2D eigenvalue weighted by molar-refractivity contribution is 6.74. The van der Waals surface area contributed by atoms with Crippen LogP contribution in [0.4, 0.5) is 16.2 Å². The number of hydrazine groups is 1. The van der Waals surface area contributed by atoms with Crippen LogP contribution in [-0.4, -0.2) is 86.5 Å². The first kappa shape index (κ1) is 50.6. The van der Waals surface area contributed by atoms with Crippen LogP contribution in [0, 0.1) is 12.8 Å². The molecular weight excluding hydrogens is 891 g/mol. The number of Topliss-reactive ketones (excluding diaryl/α,β-unsaturated/α-hetero) is 1. The molecule has 366 valence electrons. The normalized spacial score (nSPS) is 17.7. The molecule has 7 rings (SSSR count). The van der Waals surface area contributed by atoms with Crippen LogP contribution in [0.3, 0.4) is 0 Å². The number of carbonyl (C=O) groups is 5. The molecule has 2 heterocycles. The summed E-state index contributed by atoms with van der Waals surface area (Å²) in [6, 6.07) is 24.4. The maximum Gasteiger partial charge on any atom is 0.417 e. The molecule has 0 saturated heterocycles. The molecule has 69 heavy (non-hydrogen) atoms. The first-order valence-electron chi connectivity index (χ1n) is 23.6. The number of ether oxygens (including phenoxy) is 3. The molecule has 0 spiro atoms. The molecule has 4 aromatic rings. The number of rotatable bonds is 14. The zero-order valence-electron chi connectivity index (χ0n) is 42.1. The van der Waals surface area contributed by atoms with Crippen molar-refractivity contribution in [2.45, 2.75) is 130 Å². The summed E-state index contributed by atoms with van der Waals surface area (Å²) >= 11 is 0. The average molecular weight is 958 g/mol. The number of hydrogen-bond donors (Lipinski definition) is 3. The first-order valence-corrected chi connectivity index (χ1v) is 26.5. The zero-order valence-corrected chi connectivity index (χ0v) is 43.1. The number of carbonyl (C=O) groups excluding carboxylic acids is 5. The molecule has 4 atom stereocenters.